The molecule has 1 aromatic heterocycles. The Morgan fingerprint density at radius 3 is 2.63 bits per heavy atom. The van der Waals surface area contributed by atoms with Crippen molar-refractivity contribution in [3.8, 4) is 5.75 Å². The van der Waals surface area contributed by atoms with Gasteiger partial charge in [0.15, 0.2) is 0 Å². The van der Waals surface area contributed by atoms with Crippen LogP contribution in [-0.4, -0.2) is 10.1 Å². The number of hydrogen-bond donors (Lipinski definition) is 2. The maximum atomic E-state index is 9.83. The summed E-state index contributed by atoms with van der Waals surface area (Å²) in [6.07, 6.45) is 1.62. The number of benzene rings is 1. The summed E-state index contributed by atoms with van der Waals surface area (Å²) < 4.78 is 0. The Balaban J connectivity index is 2.16. The Bertz CT molecular complexity index is 617. The number of phenols is 1. The number of aromatic nitrogens is 1. The van der Waals surface area contributed by atoms with Crippen LogP contribution in [0.3, 0.4) is 0 Å². The monoisotopic (exact) mass is 316 g/mol. The van der Waals surface area contributed by atoms with Gasteiger partial charge in [0.1, 0.15) is 10.9 Å². The lowest BCUT2D eigenvalue weighted by Gasteiger charge is -2.10. The zero-order valence-corrected chi connectivity index (χ0v) is 12.3. The van der Waals surface area contributed by atoms with Crippen molar-refractivity contribution in [3.05, 3.63) is 50.7 Å². The Morgan fingerprint density at radius 2 is 1.95 bits per heavy atom. The minimum atomic E-state index is 0.0252. The summed E-state index contributed by atoms with van der Waals surface area (Å²) in [4.78, 5) is 4.04. The molecule has 19 heavy (non-hydrogen) atoms. The highest BCUT2D eigenvalue weighted by molar-refractivity contribution is 6.35. The summed E-state index contributed by atoms with van der Waals surface area (Å²) >= 11 is 17.6. The Kier molecular flexibility index (Phi) is 4.40. The van der Waals surface area contributed by atoms with Gasteiger partial charge in [0, 0.05) is 17.1 Å². The number of pyridine rings is 1. The first-order chi connectivity index (χ1) is 8.97. The molecule has 0 radical (unpaired) electrons. The maximum Gasteiger partial charge on any atom is 0.139 e. The van der Waals surface area contributed by atoms with Crippen LogP contribution in [0.5, 0.6) is 5.75 Å². The Hall–Kier alpha value is -1.16. The van der Waals surface area contributed by atoms with Gasteiger partial charge in [-0.25, -0.2) is 4.98 Å². The smallest absolute Gasteiger partial charge is 0.139 e. The van der Waals surface area contributed by atoms with Crippen molar-refractivity contribution in [2.75, 3.05) is 5.32 Å². The lowest BCUT2D eigenvalue weighted by Crippen LogP contribution is -2.01. The highest BCUT2D eigenvalue weighted by atomic mass is 35.5. The standard InChI is InChI=1S/C13H11Cl3N2O/c1-7-2-10(6-18-13(7)16)17-5-8-3-9(14)4-11(15)12(8)19/h2-4,6,17,19H,5H2,1H3. The number of aromatic hydroxyl groups is 1. The van der Waals surface area contributed by atoms with Crippen LogP contribution in [0.4, 0.5) is 5.69 Å². The van der Waals surface area contributed by atoms with E-state index in [4.69, 9.17) is 34.8 Å². The third-order valence-corrected chi connectivity index (χ3v) is 3.51. The Labute approximate surface area is 126 Å². The van der Waals surface area contributed by atoms with E-state index < -0.39 is 0 Å². The van der Waals surface area contributed by atoms with Crippen molar-refractivity contribution in [2.24, 2.45) is 0 Å². The van der Waals surface area contributed by atoms with Crippen LogP contribution >= 0.6 is 34.8 Å². The fourth-order valence-corrected chi connectivity index (χ4v) is 2.25. The molecule has 0 saturated carbocycles. The topological polar surface area (TPSA) is 45.1 Å². The van der Waals surface area contributed by atoms with E-state index in [0.717, 1.165) is 11.3 Å². The van der Waals surface area contributed by atoms with Gasteiger partial charge in [0.2, 0.25) is 0 Å². The van der Waals surface area contributed by atoms with Crippen molar-refractivity contribution < 1.29 is 5.11 Å². The van der Waals surface area contributed by atoms with Crippen LogP contribution in [0.1, 0.15) is 11.1 Å². The van der Waals surface area contributed by atoms with Gasteiger partial charge >= 0.3 is 0 Å². The number of aryl methyl sites for hydroxylation is 1. The highest BCUT2D eigenvalue weighted by Gasteiger charge is 2.08. The van der Waals surface area contributed by atoms with Gasteiger partial charge in [-0.1, -0.05) is 34.8 Å². The molecular formula is C13H11Cl3N2O. The van der Waals surface area contributed by atoms with Crippen LogP contribution in [0.2, 0.25) is 15.2 Å². The molecule has 2 rings (SSSR count). The van der Waals surface area contributed by atoms with E-state index in [0.29, 0.717) is 22.3 Å². The molecule has 2 N–H and O–H groups in total. The second-order valence-corrected chi connectivity index (χ2v) is 5.28. The number of anilines is 1. The lowest BCUT2D eigenvalue weighted by molar-refractivity contribution is 0.469. The quantitative estimate of drug-likeness (QED) is 0.809. The molecule has 6 heteroatoms. The van der Waals surface area contributed by atoms with Crippen LogP contribution in [0, 0.1) is 6.92 Å². The van der Waals surface area contributed by atoms with Crippen molar-refractivity contribution in [1.29, 1.82) is 0 Å². The molecule has 0 amide bonds. The number of hydrogen-bond acceptors (Lipinski definition) is 3. The Morgan fingerprint density at radius 1 is 1.21 bits per heavy atom. The van der Waals surface area contributed by atoms with Crippen LogP contribution < -0.4 is 5.32 Å². The molecule has 1 heterocycles. The van der Waals surface area contributed by atoms with E-state index in [9.17, 15) is 5.11 Å². The van der Waals surface area contributed by atoms with E-state index in [-0.39, 0.29) is 10.8 Å². The largest absolute Gasteiger partial charge is 0.506 e. The summed E-state index contributed by atoms with van der Waals surface area (Å²) in [6.45, 7) is 2.25. The number of nitrogens with zero attached hydrogens (tertiary/aromatic N) is 1. The summed E-state index contributed by atoms with van der Waals surface area (Å²) in [5, 5.41) is 14.1. The molecule has 1 aromatic carbocycles. The summed E-state index contributed by atoms with van der Waals surface area (Å²) in [5.74, 6) is 0.0252. The number of nitrogens with one attached hydrogen (secondary N) is 1. The molecule has 0 aliphatic carbocycles. The molecule has 0 fully saturated rings. The van der Waals surface area contributed by atoms with Crippen molar-refractivity contribution in [1.82, 2.24) is 4.98 Å². The van der Waals surface area contributed by atoms with E-state index in [1.807, 2.05) is 13.0 Å². The third kappa shape index (κ3) is 3.44. The normalized spacial score (nSPS) is 10.5. The second-order valence-electron chi connectivity index (χ2n) is 4.08. The average molecular weight is 318 g/mol. The van der Waals surface area contributed by atoms with Crippen molar-refractivity contribution in [3.63, 3.8) is 0 Å². The van der Waals surface area contributed by atoms with Crippen LogP contribution in [0.25, 0.3) is 0 Å². The molecule has 0 aliphatic heterocycles. The third-order valence-electron chi connectivity index (χ3n) is 2.60. The number of halogens is 3. The first kappa shape index (κ1) is 14.3. The summed E-state index contributed by atoms with van der Waals surface area (Å²) in [7, 11) is 0. The van der Waals surface area contributed by atoms with Gasteiger partial charge in [-0.2, -0.15) is 0 Å². The second kappa shape index (κ2) is 5.87. The first-order valence-corrected chi connectivity index (χ1v) is 6.63. The molecule has 0 spiro atoms. The van der Waals surface area contributed by atoms with E-state index in [1.54, 1.807) is 12.3 Å². The zero-order valence-electron chi connectivity index (χ0n) is 10.0. The molecule has 0 aliphatic rings. The summed E-state index contributed by atoms with van der Waals surface area (Å²) in [6, 6.07) is 5.03. The molecule has 3 nitrogen and oxygen atoms in total. The SMILES string of the molecule is Cc1cc(NCc2cc(Cl)cc(Cl)c2O)cnc1Cl. The number of phenolic OH excluding ortho intramolecular Hbond substituents is 1. The lowest BCUT2D eigenvalue weighted by atomic mass is 10.2. The van der Waals surface area contributed by atoms with Crippen LogP contribution in [-0.2, 0) is 6.54 Å². The maximum absolute atomic E-state index is 9.83. The molecule has 0 saturated heterocycles. The zero-order chi connectivity index (χ0) is 14.0. The fraction of sp³-hybridized carbons (Fsp3) is 0.154. The first-order valence-electron chi connectivity index (χ1n) is 5.50. The predicted octanol–water partition coefficient (Wildman–Crippen LogP) is 4.67. The fourth-order valence-electron chi connectivity index (χ4n) is 1.61. The average Bonchev–Trinajstić information content (AvgIpc) is 2.36. The van der Waals surface area contributed by atoms with Gasteiger partial charge in [0.05, 0.1) is 16.9 Å². The van der Waals surface area contributed by atoms with Crippen molar-refractivity contribution in [2.45, 2.75) is 13.5 Å². The van der Waals surface area contributed by atoms with E-state index in [2.05, 4.69) is 10.3 Å². The molecule has 0 unspecified atom stereocenters. The van der Waals surface area contributed by atoms with Crippen molar-refractivity contribution >= 4 is 40.5 Å². The van der Waals surface area contributed by atoms with E-state index >= 15 is 0 Å². The van der Waals surface area contributed by atoms with Crippen LogP contribution in [0.15, 0.2) is 24.4 Å². The molecule has 100 valence electrons. The minimum Gasteiger partial charge on any atom is -0.506 e. The highest BCUT2D eigenvalue weighted by Crippen LogP contribution is 2.31. The minimum absolute atomic E-state index is 0.0252. The van der Waals surface area contributed by atoms with Gasteiger partial charge in [-0.3, -0.25) is 0 Å². The predicted molar refractivity (Wildman–Crippen MR) is 79.4 cm³/mol. The molecule has 2 aromatic rings. The van der Waals surface area contributed by atoms with Gasteiger partial charge < -0.3 is 10.4 Å². The van der Waals surface area contributed by atoms with Gasteiger partial charge in [-0.05, 0) is 30.7 Å². The molecule has 0 bridgehead atoms. The molecular weight excluding hydrogens is 307 g/mol. The number of rotatable bonds is 3. The van der Waals surface area contributed by atoms with Gasteiger partial charge in [0.25, 0.3) is 0 Å². The molecule has 0 atom stereocenters. The van der Waals surface area contributed by atoms with Gasteiger partial charge in [-0.15, -0.1) is 0 Å². The van der Waals surface area contributed by atoms with E-state index in [1.165, 1.54) is 6.07 Å². The summed E-state index contributed by atoms with van der Waals surface area (Å²) in [5.41, 5.74) is 2.29.